The molecule has 1 fully saturated rings. The summed E-state index contributed by atoms with van der Waals surface area (Å²) in [5, 5.41) is 4.10. The summed E-state index contributed by atoms with van der Waals surface area (Å²) in [6.07, 6.45) is 6.20. The van der Waals surface area contributed by atoms with E-state index in [0.717, 1.165) is 41.8 Å². The minimum absolute atomic E-state index is 0.306. The van der Waals surface area contributed by atoms with E-state index < -0.39 is 0 Å². The van der Waals surface area contributed by atoms with Crippen LogP contribution >= 0.6 is 0 Å². The average molecular weight is 418 g/mol. The van der Waals surface area contributed by atoms with Gasteiger partial charge in [-0.25, -0.2) is 9.37 Å². The lowest BCUT2D eigenvalue weighted by atomic mass is 10.1. The molecule has 158 valence electrons. The molecule has 5 rings (SSSR count). The summed E-state index contributed by atoms with van der Waals surface area (Å²) in [7, 11) is 0. The Hall–Kier alpha value is -3.52. The van der Waals surface area contributed by atoms with E-state index in [0.29, 0.717) is 37.0 Å². The number of rotatable bonds is 6. The lowest BCUT2D eigenvalue weighted by Crippen LogP contribution is -2.37. The van der Waals surface area contributed by atoms with Gasteiger partial charge in [0, 0.05) is 60.8 Å². The van der Waals surface area contributed by atoms with Gasteiger partial charge in [-0.1, -0.05) is 6.07 Å². The maximum Gasteiger partial charge on any atom is 0.225 e. The normalized spacial score (nSPS) is 14.2. The van der Waals surface area contributed by atoms with E-state index in [-0.39, 0.29) is 5.82 Å². The molecule has 0 radical (unpaired) electrons. The second-order valence-corrected chi connectivity index (χ2v) is 7.43. The van der Waals surface area contributed by atoms with E-state index >= 15 is 0 Å². The number of nitrogens with one attached hydrogen (secondary N) is 2. The van der Waals surface area contributed by atoms with Crippen LogP contribution in [-0.2, 0) is 11.2 Å². The van der Waals surface area contributed by atoms with E-state index in [1.165, 1.54) is 6.07 Å². The summed E-state index contributed by atoms with van der Waals surface area (Å²) >= 11 is 0. The van der Waals surface area contributed by atoms with Crippen molar-refractivity contribution in [1.29, 1.82) is 0 Å². The van der Waals surface area contributed by atoms with Crippen LogP contribution < -0.4 is 10.2 Å². The Kier molecular flexibility index (Phi) is 5.45. The van der Waals surface area contributed by atoms with Crippen molar-refractivity contribution in [2.45, 2.75) is 6.42 Å². The van der Waals surface area contributed by atoms with E-state index in [2.05, 4.69) is 25.2 Å². The van der Waals surface area contributed by atoms with Gasteiger partial charge in [-0.3, -0.25) is 4.98 Å². The molecule has 1 aromatic carbocycles. The van der Waals surface area contributed by atoms with Crippen molar-refractivity contribution < 1.29 is 9.13 Å². The Morgan fingerprint density at radius 2 is 2.03 bits per heavy atom. The zero-order chi connectivity index (χ0) is 21.0. The van der Waals surface area contributed by atoms with Crippen molar-refractivity contribution in [2.75, 3.05) is 43.1 Å². The molecular weight excluding hydrogens is 395 g/mol. The first kappa shape index (κ1) is 19.4. The quantitative estimate of drug-likeness (QED) is 0.498. The molecule has 1 aliphatic rings. The van der Waals surface area contributed by atoms with Crippen LogP contribution in [0, 0.1) is 5.82 Å². The molecule has 1 saturated heterocycles. The third-order valence-electron chi connectivity index (χ3n) is 5.41. The lowest BCUT2D eigenvalue weighted by Gasteiger charge is -2.28. The number of fused-ring (bicyclic) bond motifs is 1. The maximum absolute atomic E-state index is 14.9. The first-order valence-corrected chi connectivity index (χ1v) is 10.4. The summed E-state index contributed by atoms with van der Waals surface area (Å²) in [5.74, 6) is 0.943. The van der Waals surface area contributed by atoms with E-state index in [1.807, 2.05) is 36.7 Å². The molecule has 7 nitrogen and oxygen atoms in total. The minimum atomic E-state index is -0.306. The Labute approximate surface area is 179 Å². The van der Waals surface area contributed by atoms with Crippen molar-refractivity contribution in [3.63, 3.8) is 0 Å². The Balaban J connectivity index is 1.50. The number of H-pyrrole nitrogens is 1. The number of nitrogens with zero attached hydrogens (tertiary/aromatic N) is 4. The fraction of sp³-hybridized carbons (Fsp3) is 0.261. The van der Waals surface area contributed by atoms with Gasteiger partial charge in [-0.05, 0) is 36.2 Å². The van der Waals surface area contributed by atoms with E-state index in [9.17, 15) is 4.39 Å². The molecule has 1 aliphatic heterocycles. The van der Waals surface area contributed by atoms with Gasteiger partial charge >= 0.3 is 0 Å². The number of aromatic nitrogens is 4. The molecule has 0 bridgehead atoms. The molecule has 0 unspecified atom stereocenters. The number of ether oxygens (including phenoxy) is 1. The van der Waals surface area contributed by atoms with Gasteiger partial charge in [-0.15, -0.1) is 0 Å². The van der Waals surface area contributed by atoms with E-state index in [1.54, 1.807) is 12.3 Å². The second kappa shape index (κ2) is 8.69. The topological polar surface area (TPSA) is 79.0 Å². The van der Waals surface area contributed by atoms with Crippen molar-refractivity contribution in [2.24, 2.45) is 0 Å². The van der Waals surface area contributed by atoms with Gasteiger partial charge in [0.1, 0.15) is 11.6 Å². The average Bonchev–Trinajstić information content (AvgIpc) is 3.29. The molecule has 0 atom stereocenters. The summed E-state index contributed by atoms with van der Waals surface area (Å²) in [4.78, 5) is 18.8. The number of morpholine rings is 1. The molecule has 4 heterocycles. The molecular formula is C23H23FN6O. The van der Waals surface area contributed by atoms with Crippen LogP contribution in [0.4, 0.5) is 16.2 Å². The third kappa shape index (κ3) is 4.20. The molecule has 8 heteroatoms. The van der Waals surface area contributed by atoms with Crippen LogP contribution in [0.1, 0.15) is 5.56 Å². The second-order valence-electron chi connectivity index (χ2n) is 7.43. The predicted octanol–water partition coefficient (Wildman–Crippen LogP) is 3.65. The molecule has 0 spiro atoms. The zero-order valence-electron chi connectivity index (χ0n) is 17.0. The van der Waals surface area contributed by atoms with Crippen molar-refractivity contribution >= 4 is 22.7 Å². The SMILES string of the molecule is Fc1ccc2[nH]ccc2c1-c1cc(N2CCOCC2)nc(NCCc2cccnc2)n1. The third-order valence-corrected chi connectivity index (χ3v) is 5.41. The molecule has 4 aromatic rings. The van der Waals surface area contributed by atoms with Gasteiger partial charge in [0.25, 0.3) is 0 Å². The van der Waals surface area contributed by atoms with E-state index in [4.69, 9.17) is 9.72 Å². The largest absolute Gasteiger partial charge is 0.378 e. The van der Waals surface area contributed by atoms with Gasteiger partial charge in [-0.2, -0.15) is 4.98 Å². The van der Waals surface area contributed by atoms with Crippen LogP contribution in [0.25, 0.3) is 22.2 Å². The zero-order valence-corrected chi connectivity index (χ0v) is 17.0. The number of hydrogen-bond donors (Lipinski definition) is 2. The van der Waals surface area contributed by atoms with Crippen LogP contribution in [0.2, 0.25) is 0 Å². The molecule has 2 N–H and O–H groups in total. The molecule has 0 aliphatic carbocycles. The fourth-order valence-electron chi connectivity index (χ4n) is 3.83. The molecule has 0 saturated carbocycles. The van der Waals surface area contributed by atoms with Gasteiger partial charge in [0.15, 0.2) is 0 Å². The van der Waals surface area contributed by atoms with Crippen molar-refractivity contribution in [3.8, 4) is 11.3 Å². The highest BCUT2D eigenvalue weighted by Gasteiger charge is 2.19. The number of aromatic amines is 1. The monoisotopic (exact) mass is 418 g/mol. The number of benzene rings is 1. The lowest BCUT2D eigenvalue weighted by molar-refractivity contribution is 0.122. The predicted molar refractivity (Wildman–Crippen MR) is 119 cm³/mol. The van der Waals surface area contributed by atoms with Gasteiger partial charge in [0.2, 0.25) is 5.95 Å². The summed E-state index contributed by atoms with van der Waals surface area (Å²) in [6.45, 7) is 3.41. The minimum Gasteiger partial charge on any atom is -0.378 e. The van der Waals surface area contributed by atoms with Crippen molar-refractivity contribution in [1.82, 2.24) is 19.9 Å². The van der Waals surface area contributed by atoms with Gasteiger partial charge < -0.3 is 19.9 Å². The maximum atomic E-state index is 14.9. The standard InChI is InChI=1S/C23H23FN6O/c24-18-3-4-19-17(6-9-26-19)22(18)20-14-21(30-10-12-31-13-11-30)29-23(28-20)27-8-5-16-2-1-7-25-15-16/h1-4,6-7,9,14-15,26H,5,8,10-13H2,(H,27,28,29). The first-order chi connectivity index (χ1) is 15.3. The highest BCUT2D eigenvalue weighted by atomic mass is 19.1. The van der Waals surface area contributed by atoms with Crippen LogP contribution in [-0.4, -0.2) is 52.8 Å². The molecule has 3 aromatic heterocycles. The van der Waals surface area contributed by atoms with Gasteiger partial charge in [0.05, 0.1) is 18.9 Å². The molecule has 31 heavy (non-hydrogen) atoms. The van der Waals surface area contributed by atoms with Crippen LogP contribution in [0.3, 0.4) is 0 Å². The first-order valence-electron chi connectivity index (χ1n) is 10.4. The highest BCUT2D eigenvalue weighted by Crippen LogP contribution is 2.32. The summed E-state index contributed by atoms with van der Waals surface area (Å²) < 4.78 is 20.4. The Bertz CT molecular complexity index is 1170. The van der Waals surface area contributed by atoms with Crippen LogP contribution in [0.15, 0.2) is 55.0 Å². The Morgan fingerprint density at radius 3 is 2.87 bits per heavy atom. The van der Waals surface area contributed by atoms with Crippen LogP contribution in [0.5, 0.6) is 0 Å². The number of pyridine rings is 1. The fourth-order valence-corrected chi connectivity index (χ4v) is 3.83. The Morgan fingerprint density at radius 1 is 1.13 bits per heavy atom. The number of anilines is 2. The number of halogens is 1. The summed E-state index contributed by atoms with van der Waals surface area (Å²) in [5.41, 5.74) is 3.03. The summed E-state index contributed by atoms with van der Waals surface area (Å²) in [6, 6.07) is 10.9. The highest BCUT2D eigenvalue weighted by molar-refractivity contribution is 5.95. The molecule has 0 amide bonds. The smallest absolute Gasteiger partial charge is 0.225 e. The number of hydrogen-bond acceptors (Lipinski definition) is 6. The van der Waals surface area contributed by atoms with Crippen molar-refractivity contribution in [3.05, 3.63) is 66.4 Å².